The van der Waals surface area contributed by atoms with E-state index in [0.29, 0.717) is 19.5 Å². The van der Waals surface area contributed by atoms with Crippen LogP contribution in [0, 0.1) is 0 Å². The first-order chi connectivity index (χ1) is 19.2. The van der Waals surface area contributed by atoms with Gasteiger partial charge in [-0.3, -0.25) is 4.98 Å². The lowest BCUT2D eigenvalue weighted by Gasteiger charge is -2.34. The maximum Gasteiger partial charge on any atom is 0.407 e. The molecular weight excluding hydrogens is 494 g/mol. The second-order valence-electron chi connectivity index (χ2n) is 10.7. The van der Waals surface area contributed by atoms with Gasteiger partial charge in [-0.2, -0.15) is 0 Å². The highest BCUT2D eigenvalue weighted by atomic mass is 16.6. The fourth-order valence-corrected chi connectivity index (χ4v) is 4.74. The first kappa shape index (κ1) is 32.9. The molecule has 2 unspecified atom stereocenters. The molecule has 0 aromatic carbocycles. The topological polar surface area (TPSA) is 98.8 Å². The molecule has 1 saturated heterocycles. The molecule has 1 aromatic heterocycles. The first-order valence-electron chi connectivity index (χ1n) is 15.5. The number of nitrogens with one attached hydrogen (secondary N) is 2. The highest BCUT2D eigenvalue weighted by Crippen LogP contribution is 2.21. The molecule has 0 bridgehead atoms. The number of carbonyl (C=O) groups is 2. The first-order valence-corrected chi connectivity index (χ1v) is 15.5. The summed E-state index contributed by atoms with van der Waals surface area (Å²) in [6, 6.07) is 5.51. The normalized spacial score (nSPS) is 16.3. The standard InChI is InChI=1S/C31H53N3O5/c1-2-3-4-5-6-7-8-9-10-11-12-13-14-15-16-18-22-33-30(35)37-25-28-23-29(39-28)26-38-31(36)34-24-27-20-17-19-21-32-27/h17,19-21,28-29H,2-16,18,22-26H2,1H3,(H,33,35)(H,34,36). The predicted molar refractivity (Wildman–Crippen MR) is 155 cm³/mol. The van der Waals surface area contributed by atoms with Crippen molar-refractivity contribution < 1.29 is 23.8 Å². The molecule has 2 amide bonds. The monoisotopic (exact) mass is 547 g/mol. The molecule has 39 heavy (non-hydrogen) atoms. The smallest absolute Gasteiger partial charge is 0.407 e. The lowest BCUT2D eigenvalue weighted by molar-refractivity contribution is -0.158. The van der Waals surface area contributed by atoms with Crippen LogP contribution in [0.5, 0.6) is 0 Å². The van der Waals surface area contributed by atoms with Crippen LogP contribution in [0.3, 0.4) is 0 Å². The summed E-state index contributed by atoms with van der Waals surface area (Å²) in [5, 5.41) is 5.47. The molecule has 1 aromatic rings. The van der Waals surface area contributed by atoms with Crippen LogP contribution in [-0.2, 0) is 20.8 Å². The zero-order valence-electron chi connectivity index (χ0n) is 24.3. The molecule has 1 aliphatic heterocycles. The van der Waals surface area contributed by atoms with E-state index < -0.39 is 12.2 Å². The van der Waals surface area contributed by atoms with Crippen molar-refractivity contribution in [1.29, 1.82) is 0 Å². The average molecular weight is 548 g/mol. The van der Waals surface area contributed by atoms with Crippen LogP contribution in [0.2, 0.25) is 0 Å². The Morgan fingerprint density at radius 1 is 0.769 bits per heavy atom. The minimum absolute atomic E-state index is 0.142. The minimum Gasteiger partial charge on any atom is -0.447 e. The zero-order valence-corrected chi connectivity index (χ0v) is 24.3. The second kappa shape index (κ2) is 22.5. The van der Waals surface area contributed by atoms with Gasteiger partial charge in [-0.1, -0.05) is 109 Å². The summed E-state index contributed by atoms with van der Waals surface area (Å²) >= 11 is 0. The van der Waals surface area contributed by atoms with Crippen LogP contribution in [0.25, 0.3) is 0 Å². The van der Waals surface area contributed by atoms with Crippen molar-refractivity contribution in [1.82, 2.24) is 15.6 Å². The molecule has 222 valence electrons. The molecule has 0 aliphatic carbocycles. The number of rotatable bonds is 23. The quantitative estimate of drug-likeness (QED) is 0.138. The summed E-state index contributed by atoms with van der Waals surface area (Å²) < 4.78 is 16.0. The van der Waals surface area contributed by atoms with Crippen molar-refractivity contribution in [3.8, 4) is 0 Å². The number of amides is 2. The van der Waals surface area contributed by atoms with Gasteiger partial charge in [0.05, 0.1) is 24.4 Å². The van der Waals surface area contributed by atoms with Gasteiger partial charge in [-0.15, -0.1) is 0 Å². The van der Waals surface area contributed by atoms with Crippen LogP contribution < -0.4 is 10.6 Å². The third-order valence-electron chi connectivity index (χ3n) is 7.15. The largest absolute Gasteiger partial charge is 0.447 e. The van der Waals surface area contributed by atoms with Crippen molar-refractivity contribution in [2.45, 2.75) is 135 Å². The van der Waals surface area contributed by atoms with Gasteiger partial charge in [-0.05, 0) is 18.6 Å². The molecule has 8 heteroatoms. The third-order valence-corrected chi connectivity index (χ3v) is 7.15. The Labute approximate surface area is 236 Å². The van der Waals surface area contributed by atoms with Gasteiger partial charge in [-0.25, -0.2) is 9.59 Å². The Hall–Kier alpha value is -2.35. The van der Waals surface area contributed by atoms with Crippen LogP contribution in [0.4, 0.5) is 9.59 Å². The van der Waals surface area contributed by atoms with E-state index in [4.69, 9.17) is 14.2 Å². The molecule has 0 radical (unpaired) electrons. The number of nitrogens with zero attached hydrogens (tertiary/aromatic N) is 1. The van der Waals surface area contributed by atoms with Gasteiger partial charge < -0.3 is 24.8 Å². The lowest BCUT2D eigenvalue weighted by Crippen LogP contribution is -2.45. The number of hydrogen-bond acceptors (Lipinski definition) is 6. The van der Waals surface area contributed by atoms with E-state index in [-0.39, 0.29) is 25.4 Å². The van der Waals surface area contributed by atoms with E-state index in [2.05, 4.69) is 22.5 Å². The lowest BCUT2D eigenvalue weighted by atomic mass is 10.0. The molecule has 1 aliphatic rings. The molecular formula is C31H53N3O5. The minimum atomic E-state index is -0.502. The average Bonchev–Trinajstić information content (AvgIpc) is 2.93. The van der Waals surface area contributed by atoms with Crippen molar-refractivity contribution in [2.75, 3.05) is 19.8 Å². The van der Waals surface area contributed by atoms with E-state index in [1.54, 1.807) is 6.20 Å². The van der Waals surface area contributed by atoms with Crippen molar-refractivity contribution in [3.63, 3.8) is 0 Å². The van der Waals surface area contributed by atoms with Gasteiger partial charge >= 0.3 is 12.2 Å². The van der Waals surface area contributed by atoms with Crippen molar-refractivity contribution >= 4 is 12.2 Å². The Bertz CT molecular complexity index is 743. The molecule has 2 heterocycles. The number of aromatic nitrogens is 1. The zero-order chi connectivity index (χ0) is 27.8. The molecule has 2 rings (SSSR count). The Morgan fingerprint density at radius 3 is 1.74 bits per heavy atom. The van der Waals surface area contributed by atoms with Crippen molar-refractivity contribution in [2.24, 2.45) is 0 Å². The van der Waals surface area contributed by atoms with E-state index in [0.717, 1.165) is 18.5 Å². The molecule has 1 fully saturated rings. The number of pyridine rings is 1. The second-order valence-corrected chi connectivity index (χ2v) is 10.7. The number of alkyl carbamates (subject to hydrolysis) is 2. The number of hydrogen-bond donors (Lipinski definition) is 2. The fourth-order valence-electron chi connectivity index (χ4n) is 4.74. The Balaban J connectivity index is 1.28. The van der Waals surface area contributed by atoms with Crippen LogP contribution in [0.15, 0.2) is 24.4 Å². The molecule has 2 N–H and O–H groups in total. The van der Waals surface area contributed by atoms with Gasteiger partial charge in [0.2, 0.25) is 0 Å². The number of ether oxygens (including phenoxy) is 3. The SMILES string of the molecule is CCCCCCCCCCCCCCCCCCNC(=O)OCC1CC(COC(=O)NCc2ccccn2)O1. The van der Waals surface area contributed by atoms with E-state index in [9.17, 15) is 9.59 Å². The number of carbonyl (C=O) groups excluding carboxylic acids is 2. The molecule has 8 nitrogen and oxygen atoms in total. The predicted octanol–water partition coefficient (Wildman–Crippen LogP) is 7.45. The van der Waals surface area contributed by atoms with Crippen LogP contribution >= 0.6 is 0 Å². The van der Waals surface area contributed by atoms with Crippen molar-refractivity contribution in [3.05, 3.63) is 30.1 Å². The van der Waals surface area contributed by atoms with Gasteiger partial charge in [0.15, 0.2) is 0 Å². The summed E-state index contributed by atoms with van der Waals surface area (Å²) in [6.45, 7) is 3.63. The van der Waals surface area contributed by atoms with Crippen LogP contribution in [-0.4, -0.2) is 49.1 Å². The summed E-state index contributed by atoms with van der Waals surface area (Å²) in [5.74, 6) is 0. The van der Waals surface area contributed by atoms with E-state index in [1.807, 2.05) is 18.2 Å². The van der Waals surface area contributed by atoms with E-state index >= 15 is 0 Å². The third kappa shape index (κ3) is 17.8. The Kier molecular flexibility index (Phi) is 18.9. The summed E-state index contributed by atoms with van der Waals surface area (Å²) in [7, 11) is 0. The van der Waals surface area contributed by atoms with E-state index in [1.165, 1.54) is 89.9 Å². The Morgan fingerprint density at radius 2 is 1.26 bits per heavy atom. The molecule has 0 saturated carbocycles. The maximum atomic E-state index is 11.9. The van der Waals surface area contributed by atoms with Gasteiger partial charge in [0.25, 0.3) is 0 Å². The maximum absolute atomic E-state index is 11.9. The molecule has 2 atom stereocenters. The summed E-state index contributed by atoms with van der Waals surface area (Å²) in [4.78, 5) is 27.8. The number of unbranched alkanes of at least 4 members (excludes halogenated alkanes) is 15. The molecule has 0 spiro atoms. The summed E-state index contributed by atoms with van der Waals surface area (Å²) in [6.07, 6.45) is 22.5. The summed E-state index contributed by atoms with van der Waals surface area (Å²) in [5.41, 5.74) is 0.764. The highest BCUT2D eigenvalue weighted by molar-refractivity contribution is 5.67. The van der Waals surface area contributed by atoms with Crippen LogP contribution in [0.1, 0.15) is 122 Å². The van der Waals surface area contributed by atoms with Gasteiger partial charge in [0.1, 0.15) is 13.2 Å². The highest BCUT2D eigenvalue weighted by Gasteiger charge is 2.32. The van der Waals surface area contributed by atoms with Gasteiger partial charge in [0, 0.05) is 19.2 Å². The fraction of sp³-hybridized carbons (Fsp3) is 0.774.